The average molecular weight is 218 g/mol. The molecular weight excluding hydrogens is 200 g/mol. The molecule has 0 aliphatic rings. The van der Waals surface area contributed by atoms with E-state index in [9.17, 15) is 5.11 Å². The molecule has 0 fully saturated rings. The smallest absolute Gasteiger partial charge is 0.119 e. The summed E-state index contributed by atoms with van der Waals surface area (Å²) in [5.74, 6) is 6.59. The molecule has 0 radical (unpaired) electrons. The summed E-state index contributed by atoms with van der Waals surface area (Å²) in [6.45, 7) is 4.38. The van der Waals surface area contributed by atoms with Gasteiger partial charge >= 0.3 is 0 Å². The van der Waals surface area contributed by atoms with E-state index in [1.165, 1.54) is 0 Å². The monoisotopic (exact) mass is 218 g/mol. The lowest BCUT2D eigenvalue weighted by Gasteiger charge is -2.09. The van der Waals surface area contributed by atoms with Crippen LogP contribution in [-0.2, 0) is 0 Å². The zero-order valence-electron chi connectivity index (χ0n) is 9.86. The SMILES string of the molecule is CC#CCCOc1ccc(C(O)CC)cc1. The molecule has 1 rings (SSSR count). The summed E-state index contributed by atoms with van der Waals surface area (Å²) >= 11 is 0. The van der Waals surface area contributed by atoms with E-state index in [0.717, 1.165) is 24.2 Å². The second-order valence-electron chi connectivity index (χ2n) is 3.52. The van der Waals surface area contributed by atoms with Gasteiger partial charge in [0.15, 0.2) is 0 Å². The molecule has 1 atom stereocenters. The number of aliphatic hydroxyl groups excluding tert-OH is 1. The van der Waals surface area contributed by atoms with Crippen LogP contribution in [0.1, 0.15) is 38.4 Å². The molecule has 1 unspecified atom stereocenters. The van der Waals surface area contributed by atoms with Gasteiger partial charge in [0.2, 0.25) is 0 Å². The molecule has 0 aromatic heterocycles. The molecule has 2 nitrogen and oxygen atoms in total. The average Bonchev–Trinajstić information content (AvgIpc) is 2.34. The zero-order valence-corrected chi connectivity index (χ0v) is 9.86. The van der Waals surface area contributed by atoms with Gasteiger partial charge in [0, 0.05) is 6.42 Å². The standard InChI is InChI=1S/C14H18O2/c1-3-5-6-11-16-13-9-7-12(8-10-13)14(15)4-2/h7-10,14-15H,4,6,11H2,1-2H3. The van der Waals surface area contributed by atoms with Crippen LogP contribution in [0, 0.1) is 11.8 Å². The summed E-state index contributed by atoms with van der Waals surface area (Å²) < 4.78 is 5.49. The van der Waals surface area contributed by atoms with E-state index in [-0.39, 0.29) is 6.10 Å². The van der Waals surface area contributed by atoms with Crippen LogP contribution in [0.15, 0.2) is 24.3 Å². The van der Waals surface area contributed by atoms with Crippen molar-refractivity contribution in [3.05, 3.63) is 29.8 Å². The van der Waals surface area contributed by atoms with Gasteiger partial charge in [-0.25, -0.2) is 0 Å². The summed E-state index contributed by atoms with van der Waals surface area (Å²) in [6, 6.07) is 7.56. The Bertz CT molecular complexity index is 357. The Labute approximate surface area is 97.3 Å². The molecule has 0 saturated heterocycles. The highest BCUT2D eigenvalue weighted by atomic mass is 16.5. The van der Waals surface area contributed by atoms with Gasteiger partial charge in [0.05, 0.1) is 12.7 Å². The largest absolute Gasteiger partial charge is 0.493 e. The molecule has 0 bridgehead atoms. The highest BCUT2D eigenvalue weighted by Gasteiger charge is 2.03. The second-order valence-corrected chi connectivity index (χ2v) is 3.52. The Morgan fingerprint density at radius 3 is 2.56 bits per heavy atom. The number of hydrogen-bond acceptors (Lipinski definition) is 2. The quantitative estimate of drug-likeness (QED) is 0.608. The summed E-state index contributed by atoms with van der Waals surface area (Å²) in [7, 11) is 0. The zero-order chi connectivity index (χ0) is 11.8. The van der Waals surface area contributed by atoms with Gasteiger partial charge in [-0.05, 0) is 31.0 Å². The van der Waals surface area contributed by atoms with Gasteiger partial charge in [0.1, 0.15) is 5.75 Å². The van der Waals surface area contributed by atoms with E-state index in [4.69, 9.17) is 4.74 Å². The third-order valence-corrected chi connectivity index (χ3v) is 2.32. The maximum absolute atomic E-state index is 9.61. The minimum absolute atomic E-state index is 0.375. The van der Waals surface area contributed by atoms with Crippen molar-refractivity contribution in [1.29, 1.82) is 0 Å². The first-order valence-corrected chi connectivity index (χ1v) is 5.58. The van der Waals surface area contributed by atoms with Gasteiger partial charge in [-0.1, -0.05) is 19.1 Å². The van der Waals surface area contributed by atoms with Gasteiger partial charge in [-0.2, -0.15) is 0 Å². The van der Waals surface area contributed by atoms with Crippen LogP contribution in [0.2, 0.25) is 0 Å². The lowest BCUT2D eigenvalue weighted by atomic mass is 10.1. The van der Waals surface area contributed by atoms with E-state index in [0.29, 0.717) is 6.61 Å². The summed E-state index contributed by atoms with van der Waals surface area (Å²) in [5.41, 5.74) is 0.934. The van der Waals surface area contributed by atoms with Crippen molar-refractivity contribution in [2.45, 2.75) is 32.8 Å². The Morgan fingerprint density at radius 2 is 2.00 bits per heavy atom. The normalized spacial score (nSPS) is 11.4. The molecule has 0 saturated carbocycles. The number of hydrogen-bond donors (Lipinski definition) is 1. The van der Waals surface area contributed by atoms with Gasteiger partial charge in [0.25, 0.3) is 0 Å². The number of rotatable bonds is 5. The van der Waals surface area contributed by atoms with Crippen molar-refractivity contribution in [2.75, 3.05) is 6.61 Å². The first-order chi connectivity index (χ1) is 7.77. The Morgan fingerprint density at radius 1 is 1.31 bits per heavy atom. The van der Waals surface area contributed by atoms with Crippen molar-refractivity contribution in [3.8, 4) is 17.6 Å². The fourth-order valence-electron chi connectivity index (χ4n) is 1.37. The molecule has 1 aromatic rings. The van der Waals surface area contributed by atoms with Crippen molar-refractivity contribution in [3.63, 3.8) is 0 Å². The predicted molar refractivity (Wildman–Crippen MR) is 65.3 cm³/mol. The molecule has 0 heterocycles. The third kappa shape index (κ3) is 3.96. The maximum atomic E-state index is 9.61. The topological polar surface area (TPSA) is 29.5 Å². The first-order valence-electron chi connectivity index (χ1n) is 5.58. The molecule has 0 amide bonds. The molecule has 2 heteroatoms. The molecule has 86 valence electrons. The lowest BCUT2D eigenvalue weighted by Crippen LogP contribution is -1.98. The van der Waals surface area contributed by atoms with Crippen LogP contribution in [0.3, 0.4) is 0 Å². The van der Waals surface area contributed by atoms with Crippen LogP contribution < -0.4 is 4.74 Å². The van der Waals surface area contributed by atoms with Crippen molar-refractivity contribution < 1.29 is 9.84 Å². The highest BCUT2D eigenvalue weighted by Crippen LogP contribution is 2.19. The number of ether oxygens (including phenoxy) is 1. The fourth-order valence-corrected chi connectivity index (χ4v) is 1.37. The van der Waals surface area contributed by atoms with Crippen LogP contribution in [0.4, 0.5) is 0 Å². The number of aliphatic hydroxyl groups is 1. The third-order valence-electron chi connectivity index (χ3n) is 2.32. The van der Waals surface area contributed by atoms with Crippen molar-refractivity contribution in [2.24, 2.45) is 0 Å². The summed E-state index contributed by atoms with van der Waals surface area (Å²) in [6.07, 6.45) is 1.10. The summed E-state index contributed by atoms with van der Waals surface area (Å²) in [5, 5.41) is 9.61. The maximum Gasteiger partial charge on any atom is 0.119 e. The minimum Gasteiger partial charge on any atom is -0.493 e. The van der Waals surface area contributed by atoms with Gasteiger partial charge in [-0.3, -0.25) is 0 Å². The van der Waals surface area contributed by atoms with Crippen LogP contribution in [0.25, 0.3) is 0 Å². The second kappa shape index (κ2) is 6.92. The van der Waals surface area contributed by atoms with Crippen LogP contribution in [-0.4, -0.2) is 11.7 Å². The van der Waals surface area contributed by atoms with E-state index < -0.39 is 0 Å². The lowest BCUT2D eigenvalue weighted by molar-refractivity contribution is 0.173. The van der Waals surface area contributed by atoms with Gasteiger partial charge < -0.3 is 9.84 Å². The first kappa shape index (κ1) is 12.6. The molecule has 0 spiro atoms. The Kier molecular flexibility index (Phi) is 5.45. The summed E-state index contributed by atoms with van der Waals surface area (Å²) in [4.78, 5) is 0. The van der Waals surface area contributed by atoms with E-state index in [1.807, 2.05) is 38.1 Å². The molecule has 1 aromatic carbocycles. The number of benzene rings is 1. The Hall–Kier alpha value is -1.46. The molecule has 1 N–H and O–H groups in total. The fraction of sp³-hybridized carbons (Fsp3) is 0.429. The molecule has 0 aliphatic heterocycles. The van der Waals surface area contributed by atoms with Crippen LogP contribution in [0.5, 0.6) is 5.75 Å². The van der Waals surface area contributed by atoms with E-state index in [1.54, 1.807) is 0 Å². The molecule has 0 aliphatic carbocycles. The van der Waals surface area contributed by atoms with E-state index in [2.05, 4.69) is 11.8 Å². The van der Waals surface area contributed by atoms with Crippen molar-refractivity contribution >= 4 is 0 Å². The predicted octanol–water partition coefficient (Wildman–Crippen LogP) is 2.92. The molecular formula is C14H18O2. The van der Waals surface area contributed by atoms with Crippen LogP contribution >= 0.6 is 0 Å². The minimum atomic E-state index is -0.375. The highest BCUT2D eigenvalue weighted by molar-refractivity contribution is 5.28. The van der Waals surface area contributed by atoms with Gasteiger partial charge in [-0.15, -0.1) is 11.8 Å². The van der Waals surface area contributed by atoms with Crippen molar-refractivity contribution in [1.82, 2.24) is 0 Å². The molecule has 16 heavy (non-hydrogen) atoms. The van der Waals surface area contributed by atoms with E-state index >= 15 is 0 Å². The Balaban J connectivity index is 2.47.